The number of benzene rings is 1. The van der Waals surface area contributed by atoms with E-state index in [0.29, 0.717) is 16.8 Å². The van der Waals surface area contributed by atoms with Gasteiger partial charge in [-0.1, -0.05) is 11.6 Å². The van der Waals surface area contributed by atoms with Gasteiger partial charge >= 0.3 is 0 Å². The summed E-state index contributed by atoms with van der Waals surface area (Å²) in [6.07, 6.45) is 2.34. The number of nitrogens with zero attached hydrogens (tertiary/aromatic N) is 2. The van der Waals surface area contributed by atoms with Crippen molar-refractivity contribution in [3.63, 3.8) is 0 Å². The van der Waals surface area contributed by atoms with Gasteiger partial charge in [0, 0.05) is 16.3 Å². The number of rotatable bonds is 2. The van der Waals surface area contributed by atoms with Gasteiger partial charge in [0.15, 0.2) is 5.82 Å². The molecule has 0 saturated heterocycles. The zero-order valence-corrected chi connectivity index (χ0v) is 9.33. The van der Waals surface area contributed by atoms with Crippen LogP contribution < -0.4 is 11.3 Å². The monoisotopic (exact) mass is 234 g/mol. The largest absolute Gasteiger partial charge is 0.308 e. The minimum Gasteiger partial charge on any atom is -0.308 e. The molecule has 0 atom stereocenters. The fraction of sp³-hybridized carbons (Fsp3) is 0.273. The number of anilines is 1. The molecule has 0 amide bonds. The Morgan fingerprint density at radius 3 is 2.81 bits per heavy atom. The predicted octanol–water partition coefficient (Wildman–Crippen LogP) is 2.45. The van der Waals surface area contributed by atoms with E-state index in [1.54, 1.807) is 0 Å². The van der Waals surface area contributed by atoms with Gasteiger partial charge < -0.3 is 5.43 Å². The highest BCUT2D eigenvalue weighted by Gasteiger charge is 2.27. The van der Waals surface area contributed by atoms with Crippen LogP contribution in [0.2, 0.25) is 5.02 Å². The Morgan fingerprint density at radius 2 is 2.12 bits per heavy atom. The van der Waals surface area contributed by atoms with Crippen LogP contribution in [0, 0.1) is 0 Å². The zero-order valence-electron chi connectivity index (χ0n) is 8.57. The molecule has 0 radical (unpaired) electrons. The summed E-state index contributed by atoms with van der Waals surface area (Å²) >= 11 is 5.94. The van der Waals surface area contributed by atoms with E-state index < -0.39 is 0 Å². The van der Waals surface area contributed by atoms with E-state index in [2.05, 4.69) is 15.4 Å². The summed E-state index contributed by atoms with van der Waals surface area (Å²) in [5.74, 6) is 7.50. The van der Waals surface area contributed by atoms with Gasteiger partial charge in [-0.3, -0.25) is 0 Å². The summed E-state index contributed by atoms with van der Waals surface area (Å²) in [4.78, 5) is 8.94. The molecule has 4 nitrogen and oxygen atoms in total. The van der Waals surface area contributed by atoms with Crippen molar-refractivity contribution in [2.24, 2.45) is 5.84 Å². The fourth-order valence-corrected chi connectivity index (χ4v) is 1.92. The molecule has 82 valence electrons. The molecular weight excluding hydrogens is 224 g/mol. The van der Waals surface area contributed by atoms with Crippen molar-refractivity contribution in [3.05, 3.63) is 29.0 Å². The van der Waals surface area contributed by atoms with Crippen LogP contribution in [0.5, 0.6) is 0 Å². The minimum atomic E-state index is 0.507. The lowest BCUT2D eigenvalue weighted by Gasteiger charge is -2.07. The predicted molar refractivity (Wildman–Crippen MR) is 64.3 cm³/mol. The molecule has 1 heterocycles. The van der Waals surface area contributed by atoms with Crippen LogP contribution in [0.1, 0.15) is 24.6 Å². The third-order valence-corrected chi connectivity index (χ3v) is 2.99. The van der Waals surface area contributed by atoms with Crippen LogP contribution in [0.25, 0.3) is 10.9 Å². The molecule has 0 unspecified atom stereocenters. The molecule has 1 fully saturated rings. The molecule has 3 N–H and O–H groups in total. The van der Waals surface area contributed by atoms with Crippen LogP contribution in [0.4, 0.5) is 5.82 Å². The summed E-state index contributed by atoms with van der Waals surface area (Å²) in [5, 5.41) is 1.52. The van der Waals surface area contributed by atoms with Crippen molar-refractivity contribution in [3.8, 4) is 0 Å². The Balaban J connectivity index is 2.25. The van der Waals surface area contributed by atoms with Crippen molar-refractivity contribution < 1.29 is 0 Å². The molecule has 3 rings (SSSR count). The van der Waals surface area contributed by atoms with Gasteiger partial charge in [0.1, 0.15) is 5.82 Å². The normalized spacial score (nSPS) is 15.4. The number of fused-ring (bicyclic) bond motifs is 1. The number of nitrogen functional groups attached to an aromatic ring is 1. The Morgan fingerprint density at radius 1 is 1.31 bits per heavy atom. The number of aromatic nitrogens is 2. The number of hydrogen-bond acceptors (Lipinski definition) is 4. The maximum atomic E-state index is 5.94. The van der Waals surface area contributed by atoms with Crippen LogP contribution in [0.3, 0.4) is 0 Å². The van der Waals surface area contributed by atoms with Crippen molar-refractivity contribution >= 4 is 28.3 Å². The second-order valence-corrected chi connectivity index (χ2v) is 4.45. The maximum absolute atomic E-state index is 5.94. The van der Waals surface area contributed by atoms with Gasteiger partial charge in [0.25, 0.3) is 0 Å². The Kier molecular flexibility index (Phi) is 2.19. The van der Waals surface area contributed by atoms with Gasteiger partial charge in [-0.25, -0.2) is 15.8 Å². The third kappa shape index (κ3) is 1.60. The highest BCUT2D eigenvalue weighted by Crippen LogP contribution is 2.39. The van der Waals surface area contributed by atoms with Gasteiger partial charge in [-0.05, 0) is 31.0 Å². The van der Waals surface area contributed by atoms with Gasteiger partial charge in [0.05, 0.1) is 5.52 Å². The number of nitrogens with two attached hydrogens (primary N) is 1. The molecule has 1 aromatic heterocycles. The average Bonchev–Trinajstić information content (AvgIpc) is 3.11. The average molecular weight is 235 g/mol. The standard InChI is InChI=1S/C11H11ClN4/c12-7-3-4-9-8(5-7)11(16-13)15-10(14-9)6-1-2-6/h3-6H,1-2,13H2,(H,14,15,16). The first-order valence-corrected chi connectivity index (χ1v) is 5.59. The molecule has 16 heavy (non-hydrogen) atoms. The van der Waals surface area contributed by atoms with Gasteiger partial charge in [-0.2, -0.15) is 0 Å². The van der Waals surface area contributed by atoms with Crippen molar-refractivity contribution in [2.45, 2.75) is 18.8 Å². The maximum Gasteiger partial charge on any atom is 0.151 e. The van der Waals surface area contributed by atoms with Gasteiger partial charge in [0.2, 0.25) is 0 Å². The smallest absolute Gasteiger partial charge is 0.151 e. The summed E-state index contributed by atoms with van der Waals surface area (Å²) in [5.41, 5.74) is 3.49. The summed E-state index contributed by atoms with van der Waals surface area (Å²) in [6.45, 7) is 0. The minimum absolute atomic E-state index is 0.507. The third-order valence-electron chi connectivity index (χ3n) is 2.75. The van der Waals surface area contributed by atoms with Crippen LogP contribution in [0.15, 0.2) is 18.2 Å². The number of nitrogens with one attached hydrogen (secondary N) is 1. The van der Waals surface area contributed by atoms with E-state index in [9.17, 15) is 0 Å². The van der Waals surface area contributed by atoms with Crippen molar-refractivity contribution in [2.75, 3.05) is 5.43 Å². The first-order chi connectivity index (χ1) is 7.78. The topological polar surface area (TPSA) is 63.8 Å². The lowest BCUT2D eigenvalue weighted by atomic mass is 10.2. The first-order valence-electron chi connectivity index (χ1n) is 5.22. The SMILES string of the molecule is NNc1nc(C2CC2)nc2ccc(Cl)cc12. The first kappa shape index (κ1) is 9.81. The van der Waals surface area contributed by atoms with Gasteiger partial charge in [-0.15, -0.1) is 0 Å². The Labute approximate surface area is 97.8 Å². The Bertz CT molecular complexity index is 551. The number of halogens is 1. The lowest BCUT2D eigenvalue weighted by molar-refractivity contribution is 0.946. The van der Waals surface area contributed by atoms with E-state index >= 15 is 0 Å². The van der Waals surface area contributed by atoms with Crippen molar-refractivity contribution in [1.82, 2.24) is 9.97 Å². The van der Waals surface area contributed by atoms with Crippen LogP contribution >= 0.6 is 11.6 Å². The van der Waals surface area contributed by atoms with Crippen LogP contribution in [-0.4, -0.2) is 9.97 Å². The molecule has 2 aromatic rings. The highest BCUT2D eigenvalue weighted by molar-refractivity contribution is 6.31. The molecule has 1 aliphatic carbocycles. The number of hydrazine groups is 1. The molecule has 0 aliphatic heterocycles. The van der Waals surface area contributed by atoms with E-state index in [4.69, 9.17) is 17.4 Å². The molecule has 5 heteroatoms. The second-order valence-electron chi connectivity index (χ2n) is 4.01. The molecule has 0 bridgehead atoms. The molecular formula is C11H11ClN4. The van der Waals surface area contributed by atoms with Crippen LogP contribution in [-0.2, 0) is 0 Å². The fourth-order valence-electron chi connectivity index (χ4n) is 1.75. The quantitative estimate of drug-likeness (QED) is 0.619. The molecule has 1 aromatic carbocycles. The molecule has 1 saturated carbocycles. The number of hydrogen-bond donors (Lipinski definition) is 2. The highest BCUT2D eigenvalue weighted by atomic mass is 35.5. The van der Waals surface area contributed by atoms with E-state index in [1.165, 1.54) is 12.8 Å². The second kappa shape index (κ2) is 3.57. The zero-order chi connectivity index (χ0) is 11.1. The summed E-state index contributed by atoms with van der Waals surface area (Å²) in [6, 6.07) is 5.54. The lowest BCUT2D eigenvalue weighted by Crippen LogP contribution is -2.11. The summed E-state index contributed by atoms with van der Waals surface area (Å²) < 4.78 is 0. The van der Waals surface area contributed by atoms with E-state index in [-0.39, 0.29) is 0 Å². The van der Waals surface area contributed by atoms with E-state index in [1.807, 2.05) is 18.2 Å². The van der Waals surface area contributed by atoms with Crippen molar-refractivity contribution in [1.29, 1.82) is 0 Å². The summed E-state index contributed by atoms with van der Waals surface area (Å²) in [7, 11) is 0. The Hall–Kier alpha value is -1.39. The molecule has 0 spiro atoms. The van der Waals surface area contributed by atoms with E-state index in [0.717, 1.165) is 16.7 Å². The molecule has 1 aliphatic rings.